The molecule has 4 aromatic carbocycles. The predicted molar refractivity (Wildman–Crippen MR) is 221 cm³/mol. The van der Waals surface area contributed by atoms with E-state index in [0.717, 1.165) is 33.9 Å². The summed E-state index contributed by atoms with van der Waals surface area (Å²) in [5.41, 5.74) is 13.2. The Hall–Kier alpha value is -5.88. The van der Waals surface area contributed by atoms with Gasteiger partial charge in [0.05, 0.1) is 27.9 Å². The zero-order valence-electron chi connectivity index (χ0n) is 32.7. The molecule has 55 heavy (non-hydrogen) atoms. The van der Waals surface area contributed by atoms with Crippen molar-refractivity contribution in [1.29, 1.82) is 0 Å². The van der Waals surface area contributed by atoms with Gasteiger partial charge in [-0.2, -0.15) is 0 Å². The van der Waals surface area contributed by atoms with Crippen molar-refractivity contribution in [1.82, 2.24) is 9.97 Å². The van der Waals surface area contributed by atoms with Gasteiger partial charge in [0.2, 0.25) is 11.8 Å². The van der Waals surface area contributed by atoms with Crippen LogP contribution in [0.3, 0.4) is 0 Å². The third-order valence-electron chi connectivity index (χ3n) is 13.0. The lowest BCUT2D eigenvalue weighted by molar-refractivity contribution is 0.0616. The number of aliphatic imine (C=N–C) groups is 2. The monoisotopic (exact) mass is 720 g/mol. The van der Waals surface area contributed by atoms with Crippen LogP contribution in [0, 0.1) is 0 Å². The molecule has 2 aromatic heterocycles. The topological polar surface area (TPSA) is 69.0 Å². The number of aromatic nitrogens is 2. The molecule has 6 aromatic rings. The number of fused-ring (bicyclic) bond motifs is 10. The molecule has 0 fully saturated rings. The normalized spacial score (nSPS) is 19.4. The van der Waals surface area contributed by atoms with E-state index in [-0.39, 0.29) is 11.1 Å². The molecular weight excluding hydrogens is 677 g/mol. The van der Waals surface area contributed by atoms with Crippen LogP contribution in [-0.4, -0.2) is 44.0 Å². The van der Waals surface area contributed by atoms with Crippen molar-refractivity contribution in [2.24, 2.45) is 9.98 Å². The van der Waals surface area contributed by atoms with Crippen molar-refractivity contribution in [2.75, 3.05) is 0 Å². The summed E-state index contributed by atoms with van der Waals surface area (Å²) in [6.07, 6.45) is 0. The molecule has 0 saturated heterocycles. The highest BCUT2D eigenvalue weighted by Crippen LogP contribution is 2.63. The molecule has 4 heterocycles. The van der Waals surface area contributed by atoms with Gasteiger partial charge in [-0.3, -0.25) is 0 Å². The molecule has 0 N–H and O–H groups in total. The van der Waals surface area contributed by atoms with Gasteiger partial charge in [-0.1, -0.05) is 84.9 Å². The maximum Gasteiger partial charge on any atom is 0.236 e. The van der Waals surface area contributed by atoms with E-state index < -0.39 is 16.6 Å². The van der Waals surface area contributed by atoms with E-state index >= 15 is 0 Å². The fourth-order valence-corrected chi connectivity index (χ4v) is 8.66. The molecule has 0 atom stereocenters. The second kappa shape index (κ2) is 11.1. The molecule has 6 heteroatoms. The van der Waals surface area contributed by atoms with Gasteiger partial charge in [0.25, 0.3) is 0 Å². The number of nitrogens with zero attached hydrogens (tertiary/aromatic N) is 4. The summed E-state index contributed by atoms with van der Waals surface area (Å²) in [7, 11) is 0. The molecule has 6 nitrogen and oxygen atoms in total. The highest BCUT2D eigenvalue weighted by atomic mass is 16.5. The van der Waals surface area contributed by atoms with Crippen LogP contribution in [0.2, 0.25) is 0 Å². The number of hydrogen-bond acceptors (Lipinski definition) is 6. The summed E-state index contributed by atoms with van der Waals surface area (Å²) in [5.74, 6) is 1.18. The molecule has 2 aliphatic heterocycles. The summed E-state index contributed by atoms with van der Waals surface area (Å²) >= 11 is 0. The molecule has 0 unspecified atom stereocenters. The van der Waals surface area contributed by atoms with Gasteiger partial charge in [-0.15, -0.1) is 0 Å². The van der Waals surface area contributed by atoms with Crippen molar-refractivity contribution >= 4 is 11.8 Å². The maximum absolute atomic E-state index is 6.38. The largest absolute Gasteiger partial charge is 0.468 e. The first-order valence-corrected chi connectivity index (χ1v) is 19.2. The number of rotatable bonds is 4. The first kappa shape index (κ1) is 33.7. The van der Waals surface area contributed by atoms with Crippen LogP contribution in [0.25, 0.3) is 44.8 Å². The molecule has 0 bridgehead atoms. The van der Waals surface area contributed by atoms with Gasteiger partial charge < -0.3 is 9.47 Å². The fourth-order valence-electron chi connectivity index (χ4n) is 8.66. The van der Waals surface area contributed by atoms with Gasteiger partial charge in [0, 0.05) is 11.1 Å². The van der Waals surface area contributed by atoms with E-state index in [4.69, 9.17) is 29.4 Å². The van der Waals surface area contributed by atoms with Crippen molar-refractivity contribution in [3.05, 3.63) is 155 Å². The van der Waals surface area contributed by atoms with Crippen LogP contribution in [-0.2, 0) is 14.9 Å². The zero-order valence-corrected chi connectivity index (χ0v) is 32.7. The lowest BCUT2D eigenvalue weighted by atomic mass is 9.70. The van der Waals surface area contributed by atoms with E-state index in [2.05, 4.69) is 165 Å². The minimum absolute atomic E-state index is 0.364. The van der Waals surface area contributed by atoms with Crippen LogP contribution in [0.5, 0.6) is 0 Å². The second-order valence-electron chi connectivity index (χ2n) is 17.4. The first-order chi connectivity index (χ1) is 26.2. The summed E-state index contributed by atoms with van der Waals surface area (Å²) in [6.45, 7) is 16.8. The van der Waals surface area contributed by atoms with Gasteiger partial charge in [-0.25, -0.2) is 20.0 Å². The summed E-state index contributed by atoms with van der Waals surface area (Å²) in [6, 6.07) is 43.7. The van der Waals surface area contributed by atoms with Crippen molar-refractivity contribution in [2.45, 2.75) is 83.1 Å². The minimum Gasteiger partial charge on any atom is -0.468 e. The lowest BCUT2D eigenvalue weighted by Gasteiger charge is -2.31. The van der Waals surface area contributed by atoms with Crippen molar-refractivity contribution < 1.29 is 9.47 Å². The SMILES string of the molecule is CC1(C)N=C(c2cccc(-c3ccc4c(c3)C3(c5ccccc5-c5ccccc53)c3cc(-c5cccc(C6=NC(C)(C)C(C)(C)O6)n5)ccc3-4)n2)OC1(C)C. The van der Waals surface area contributed by atoms with Crippen LogP contribution in [0.4, 0.5) is 0 Å². The van der Waals surface area contributed by atoms with Gasteiger partial charge in [0.15, 0.2) is 0 Å². The minimum atomic E-state index is -0.543. The van der Waals surface area contributed by atoms with E-state index in [1.54, 1.807) is 0 Å². The molecule has 0 radical (unpaired) electrons. The van der Waals surface area contributed by atoms with E-state index in [9.17, 15) is 0 Å². The molecule has 1 spiro atoms. The number of hydrogen-bond donors (Lipinski definition) is 0. The highest BCUT2D eigenvalue weighted by Gasteiger charge is 2.52. The zero-order chi connectivity index (χ0) is 38.1. The third kappa shape index (κ3) is 4.67. The average Bonchev–Trinajstić information content (AvgIpc) is 3.79. The lowest BCUT2D eigenvalue weighted by Crippen LogP contribution is -2.41. The van der Waals surface area contributed by atoms with E-state index in [0.29, 0.717) is 11.8 Å². The first-order valence-electron chi connectivity index (χ1n) is 19.2. The Kier molecular flexibility index (Phi) is 6.79. The van der Waals surface area contributed by atoms with Gasteiger partial charge in [0.1, 0.15) is 22.6 Å². The maximum atomic E-state index is 6.38. The average molecular weight is 721 g/mol. The highest BCUT2D eigenvalue weighted by molar-refractivity contribution is 5.98. The Balaban J connectivity index is 1.15. The van der Waals surface area contributed by atoms with Gasteiger partial charge in [-0.05, 0) is 136 Å². The summed E-state index contributed by atoms with van der Waals surface area (Å²) in [5, 5.41) is 0. The van der Waals surface area contributed by atoms with Gasteiger partial charge >= 0.3 is 0 Å². The number of pyridine rings is 2. The molecule has 0 saturated carbocycles. The predicted octanol–water partition coefficient (Wildman–Crippen LogP) is 10.8. The van der Waals surface area contributed by atoms with Crippen LogP contribution < -0.4 is 0 Å². The summed E-state index contributed by atoms with van der Waals surface area (Å²) in [4.78, 5) is 20.2. The Bertz CT molecular complexity index is 2500. The third-order valence-corrected chi connectivity index (χ3v) is 13.0. The molecule has 2 aliphatic carbocycles. The Labute approximate surface area is 323 Å². The quantitative estimate of drug-likeness (QED) is 0.181. The smallest absolute Gasteiger partial charge is 0.236 e. The molecule has 10 rings (SSSR count). The van der Waals surface area contributed by atoms with Crippen molar-refractivity contribution in [3.8, 4) is 44.8 Å². The Morgan fingerprint density at radius 1 is 0.382 bits per heavy atom. The van der Waals surface area contributed by atoms with Crippen LogP contribution in [0.15, 0.2) is 131 Å². The molecule has 0 amide bonds. The standard InChI is InChI=1S/C49H44N4O2/c1-45(2)47(5,6)54-43(52-45)41-21-13-19-39(50-41)29-23-25-33-34-26-24-30(40-20-14-22-42(51-40)44-53-46(3,4)48(7,8)55-44)28-38(34)49(37(33)27-29)35-17-11-9-15-31(35)32-16-10-12-18-36(32)49/h9-28H,1-8H3. The van der Waals surface area contributed by atoms with E-state index in [1.807, 2.05) is 12.1 Å². The number of ether oxygens (including phenoxy) is 2. The van der Waals surface area contributed by atoms with Crippen LogP contribution in [0.1, 0.15) is 89.0 Å². The molecular formula is C49H44N4O2. The van der Waals surface area contributed by atoms with Crippen molar-refractivity contribution in [3.63, 3.8) is 0 Å². The molecule has 272 valence electrons. The number of benzene rings is 4. The second-order valence-corrected chi connectivity index (χ2v) is 17.4. The summed E-state index contributed by atoms with van der Waals surface area (Å²) < 4.78 is 12.8. The fraction of sp³-hybridized carbons (Fsp3) is 0.265. The molecule has 4 aliphatic rings. The Morgan fingerprint density at radius 3 is 1.16 bits per heavy atom. The Morgan fingerprint density at radius 2 is 0.764 bits per heavy atom. The van der Waals surface area contributed by atoms with E-state index in [1.165, 1.54) is 44.5 Å². The van der Waals surface area contributed by atoms with Crippen LogP contribution >= 0.6 is 0 Å².